The van der Waals surface area contributed by atoms with E-state index >= 15 is 0 Å². The second kappa shape index (κ2) is 4.96. The maximum Gasteiger partial charge on any atom is 0.152 e. The van der Waals surface area contributed by atoms with Gasteiger partial charge in [0.25, 0.3) is 0 Å². The van der Waals surface area contributed by atoms with E-state index in [1.807, 2.05) is 6.08 Å². The normalized spacial score (nSPS) is 25.2. The summed E-state index contributed by atoms with van der Waals surface area (Å²) < 4.78 is 5.46. The van der Waals surface area contributed by atoms with E-state index in [0.29, 0.717) is 0 Å². The summed E-state index contributed by atoms with van der Waals surface area (Å²) in [6, 6.07) is 0. The van der Waals surface area contributed by atoms with Gasteiger partial charge in [-0.05, 0) is 49.3 Å². The van der Waals surface area contributed by atoms with Crippen LogP contribution in [0.5, 0.6) is 0 Å². The number of allylic oxidation sites excluding steroid dienone is 3. The lowest BCUT2D eigenvalue weighted by molar-refractivity contribution is -0.112. The van der Waals surface area contributed by atoms with Crippen molar-refractivity contribution in [3.05, 3.63) is 23.3 Å². The van der Waals surface area contributed by atoms with Gasteiger partial charge in [-0.3, -0.25) is 4.79 Å². The van der Waals surface area contributed by atoms with E-state index < -0.39 is 0 Å². The molecule has 16 heavy (non-hydrogen) atoms. The molecular formula is C14H22O2. The second-order valence-electron chi connectivity index (χ2n) is 5.19. The Morgan fingerprint density at radius 3 is 2.62 bits per heavy atom. The topological polar surface area (TPSA) is 26.3 Å². The van der Waals surface area contributed by atoms with Crippen LogP contribution in [0.1, 0.15) is 40.5 Å². The van der Waals surface area contributed by atoms with Crippen LogP contribution in [-0.2, 0) is 9.53 Å². The molecule has 2 heteroatoms. The predicted molar refractivity (Wildman–Crippen MR) is 66.3 cm³/mol. The van der Waals surface area contributed by atoms with Crippen LogP contribution in [-0.4, -0.2) is 19.0 Å². The van der Waals surface area contributed by atoms with Crippen molar-refractivity contribution in [2.24, 2.45) is 5.41 Å². The summed E-state index contributed by atoms with van der Waals surface area (Å²) in [7, 11) is 1.75. The molecule has 1 atom stereocenters. The molecule has 1 unspecified atom stereocenters. The molecule has 90 valence electrons. The van der Waals surface area contributed by atoms with Crippen molar-refractivity contribution in [2.45, 2.75) is 46.6 Å². The summed E-state index contributed by atoms with van der Waals surface area (Å²) in [5.74, 6) is 0.0932. The van der Waals surface area contributed by atoms with Crippen molar-refractivity contribution in [3.8, 4) is 0 Å². The minimum atomic E-state index is 0.0932. The molecule has 0 radical (unpaired) electrons. The van der Waals surface area contributed by atoms with Crippen LogP contribution in [0.2, 0.25) is 0 Å². The van der Waals surface area contributed by atoms with Crippen LogP contribution in [0.25, 0.3) is 0 Å². The highest BCUT2D eigenvalue weighted by Gasteiger charge is 2.31. The number of hydrogen-bond acceptors (Lipinski definition) is 2. The van der Waals surface area contributed by atoms with Gasteiger partial charge in [0.1, 0.15) is 0 Å². The molecule has 0 spiro atoms. The van der Waals surface area contributed by atoms with Crippen LogP contribution in [0, 0.1) is 5.41 Å². The zero-order valence-corrected chi connectivity index (χ0v) is 11.0. The Morgan fingerprint density at radius 2 is 2.12 bits per heavy atom. The molecule has 0 amide bonds. The van der Waals surface area contributed by atoms with Gasteiger partial charge in [-0.1, -0.05) is 19.9 Å². The smallest absolute Gasteiger partial charge is 0.152 e. The number of hydrogen-bond donors (Lipinski definition) is 0. The minimum absolute atomic E-state index is 0.0932. The lowest BCUT2D eigenvalue weighted by atomic mass is 9.71. The molecule has 0 saturated heterocycles. The predicted octanol–water partition coefficient (Wildman–Crippen LogP) is 3.28. The fourth-order valence-corrected chi connectivity index (χ4v) is 2.40. The molecular weight excluding hydrogens is 200 g/mol. The molecule has 1 rings (SSSR count). The van der Waals surface area contributed by atoms with E-state index in [2.05, 4.69) is 20.8 Å². The maximum absolute atomic E-state index is 11.0. The Morgan fingerprint density at radius 1 is 1.50 bits per heavy atom. The van der Waals surface area contributed by atoms with Gasteiger partial charge in [-0.25, -0.2) is 0 Å². The molecule has 0 fully saturated rings. The highest BCUT2D eigenvalue weighted by Crippen LogP contribution is 2.41. The zero-order chi connectivity index (χ0) is 12.3. The number of methoxy groups -OCH3 is 1. The van der Waals surface area contributed by atoms with Crippen LogP contribution in [0.3, 0.4) is 0 Å². The van der Waals surface area contributed by atoms with E-state index in [0.717, 1.165) is 12.8 Å². The van der Waals surface area contributed by atoms with Crippen molar-refractivity contribution < 1.29 is 9.53 Å². The fraction of sp³-hybridized carbons (Fsp3) is 0.643. The fourth-order valence-electron chi connectivity index (χ4n) is 2.40. The first kappa shape index (κ1) is 13.2. The summed E-state index contributed by atoms with van der Waals surface area (Å²) in [4.78, 5) is 11.0. The van der Waals surface area contributed by atoms with Crippen molar-refractivity contribution in [1.82, 2.24) is 0 Å². The van der Waals surface area contributed by atoms with Crippen LogP contribution in [0.15, 0.2) is 23.3 Å². The first-order valence-corrected chi connectivity index (χ1v) is 5.81. The molecule has 0 N–H and O–H groups in total. The van der Waals surface area contributed by atoms with Crippen molar-refractivity contribution in [1.29, 1.82) is 0 Å². The van der Waals surface area contributed by atoms with E-state index in [1.54, 1.807) is 20.1 Å². The molecule has 2 nitrogen and oxygen atoms in total. The number of ether oxygens (including phenoxy) is 1. The van der Waals surface area contributed by atoms with Crippen molar-refractivity contribution >= 4 is 5.78 Å². The lowest BCUT2D eigenvalue weighted by Crippen LogP contribution is -2.28. The van der Waals surface area contributed by atoms with E-state index in [4.69, 9.17) is 4.74 Å². The van der Waals surface area contributed by atoms with Gasteiger partial charge in [0.05, 0.1) is 6.10 Å². The van der Waals surface area contributed by atoms with Crippen LogP contribution < -0.4 is 0 Å². The SMILES string of the molecule is COC1CCC(C)(C)C(/C=C/C(C)=O)=C1C. The van der Waals surface area contributed by atoms with Gasteiger partial charge in [0.15, 0.2) is 5.78 Å². The highest BCUT2D eigenvalue weighted by atomic mass is 16.5. The molecule has 1 aliphatic carbocycles. The molecule has 0 aromatic heterocycles. The van der Waals surface area contributed by atoms with Gasteiger partial charge >= 0.3 is 0 Å². The average molecular weight is 222 g/mol. The molecule has 0 aromatic rings. The molecule has 0 saturated carbocycles. The molecule has 0 aromatic carbocycles. The Labute approximate surface area is 98.4 Å². The average Bonchev–Trinajstić information content (AvgIpc) is 2.16. The number of carbonyl (C=O) groups is 1. The molecule has 0 heterocycles. The first-order chi connectivity index (χ1) is 7.38. The van der Waals surface area contributed by atoms with Gasteiger partial charge in [0.2, 0.25) is 0 Å². The monoisotopic (exact) mass is 222 g/mol. The molecule has 1 aliphatic rings. The van der Waals surface area contributed by atoms with E-state index in [1.165, 1.54) is 11.1 Å². The first-order valence-electron chi connectivity index (χ1n) is 5.81. The summed E-state index contributed by atoms with van der Waals surface area (Å²) in [5.41, 5.74) is 2.66. The Balaban J connectivity index is 3.08. The summed E-state index contributed by atoms with van der Waals surface area (Å²) in [6.07, 6.45) is 5.98. The third kappa shape index (κ3) is 2.82. The Kier molecular flexibility index (Phi) is 4.09. The van der Waals surface area contributed by atoms with Crippen molar-refractivity contribution in [3.63, 3.8) is 0 Å². The van der Waals surface area contributed by atoms with Gasteiger partial charge in [-0.2, -0.15) is 0 Å². The quantitative estimate of drug-likeness (QED) is 0.685. The van der Waals surface area contributed by atoms with Crippen LogP contribution in [0.4, 0.5) is 0 Å². The third-order valence-electron chi connectivity index (χ3n) is 3.44. The number of ketones is 1. The molecule has 0 aliphatic heterocycles. The van der Waals surface area contributed by atoms with Gasteiger partial charge in [0, 0.05) is 7.11 Å². The van der Waals surface area contributed by atoms with E-state index in [9.17, 15) is 4.79 Å². The summed E-state index contributed by atoms with van der Waals surface area (Å²) >= 11 is 0. The Bertz CT molecular complexity index is 335. The largest absolute Gasteiger partial charge is 0.377 e. The van der Waals surface area contributed by atoms with Crippen LogP contribution >= 0.6 is 0 Å². The zero-order valence-electron chi connectivity index (χ0n) is 11.0. The van der Waals surface area contributed by atoms with Crippen molar-refractivity contribution in [2.75, 3.05) is 7.11 Å². The standard InChI is InChI=1S/C14H22O2/c1-10(15)6-7-12-11(2)13(16-5)8-9-14(12,3)4/h6-7,13H,8-9H2,1-5H3/b7-6+. The third-order valence-corrected chi connectivity index (χ3v) is 3.44. The summed E-state index contributed by atoms with van der Waals surface area (Å²) in [5, 5.41) is 0. The highest BCUT2D eigenvalue weighted by molar-refractivity contribution is 5.87. The minimum Gasteiger partial charge on any atom is -0.377 e. The maximum atomic E-state index is 11.0. The summed E-state index contributed by atoms with van der Waals surface area (Å²) in [6.45, 7) is 8.13. The van der Waals surface area contributed by atoms with E-state index in [-0.39, 0.29) is 17.3 Å². The second-order valence-corrected chi connectivity index (χ2v) is 5.19. The lowest BCUT2D eigenvalue weighted by Gasteiger charge is -2.36. The van der Waals surface area contributed by atoms with Gasteiger partial charge < -0.3 is 4.74 Å². The van der Waals surface area contributed by atoms with Gasteiger partial charge in [-0.15, -0.1) is 0 Å². The number of carbonyl (C=O) groups excluding carboxylic acids is 1. The number of rotatable bonds is 3. The molecule has 0 bridgehead atoms. The Hall–Kier alpha value is -0.890.